The third-order valence-corrected chi connectivity index (χ3v) is 7.91. The number of carboxylic acid groups (broad SMARTS) is 1. The molecular formula is C28H27ClN2O6S. The molecule has 1 amide bonds. The molecule has 0 aromatic heterocycles. The van der Waals surface area contributed by atoms with E-state index in [4.69, 9.17) is 11.6 Å². The smallest absolute Gasteiger partial charge is 0.332 e. The van der Waals surface area contributed by atoms with E-state index in [2.05, 4.69) is 17.2 Å². The van der Waals surface area contributed by atoms with Crippen LogP contribution < -0.4 is 5.32 Å². The summed E-state index contributed by atoms with van der Waals surface area (Å²) in [4.78, 5) is 26.9. The zero-order valence-corrected chi connectivity index (χ0v) is 22.2. The summed E-state index contributed by atoms with van der Waals surface area (Å²) in [6.07, 6.45) is 7.85. The maximum absolute atomic E-state index is 12.9. The number of nitrogens with zero attached hydrogens (tertiary/aromatic N) is 1. The Morgan fingerprint density at radius 3 is 2.58 bits per heavy atom. The molecule has 3 atom stereocenters. The van der Waals surface area contributed by atoms with Gasteiger partial charge in [-0.1, -0.05) is 29.5 Å². The van der Waals surface area contributed by atoms with Gasteiger partial charge in [-0.2, -0.15) is 0 Å². The molecular weight excluding hydrogens is 528 g/mol. The summed E-state index contributed by atoms with van der Waals surface area (Å²) in [5.74, 6) is 4.21. The Bertz CT molecular complexity index is 1470. The maximum Gasteiger partial charge on any atom is 0.332 e. The van der Waals surface area contributed by atoms with Crippen LogP contribution in [0, 0.1) is 11.8 Å². The average Bonchev–Trinajstić information content (AvgIpc) is 2.87. The second kappa shape index (κ2) is 11.0. The molecule has 38 heavy (non-hydrogen) atoms. The summed E-state index contributed by atoms with van der Waals surface area (Å²) in [5, 5.41) is 24.5. The number of hydrogen-bond donors (Lipinski definition) is 3. The number of carboxylic acids is 1. The number of carbonyl (C=O) groups is 2. The van der Waals surface area contributed by atoms with Crippen LogP contribution in [0.25, 0.3) is 0 Å². The summed E-state index contributed by atoms with van der Waals surface area (Å²) in [6, 6.07) is 10.9. The molecule has 0 saturated heterocycles. The molecule has 0 bridgehead atoms. The average molecular weight is 555 g/mol. The third kappa shape index (κ3) is 6.45. The fourth-order valence-electron chi connectivity index (χ4n) is 4.69. The van der Waals surface area contributed by atoms with Gasteiger partial charge >= 0.3 is 5.97 Å². The van der Waals surface area contributed by atoms with Crippen LogP contribution in [0.1, 0.15) is 41.6 Å². The first kappa shape index (κ1) is 27.5. The molecule has 0 spiro atoms. The Hall–Kier alpha value is -3.58. The van der Waals surface area contributed by atoms with E-state index in [-0.39, 0.29) is 28.6 Å². The number of halogens is 1. The Morgan fingerprint density at radius 2 is 1.92 bits per heavy atom. The zero-order valence-electron chi connectivity index (χ0n) is 20.6. The van der Waals surface area contributed by atoms with Gasteiger partial charge in [0.15, 0.2) is 15.9 Å². The van der Waals surface area contributed by atoms with Crippen molar-refractivity contribution >= 4 is 33.3 Å². The largest absolute Gasteiger partial charge is 0.479 e. The van der Waals surface area contributed by atoms with Gasteiger partial charge in [-0.3, -0.25) is 4.79 Å². The fourth-order valence-corrected chi connectivity index (χ4v) is 5.51. The van der Waals surface area contributed by atoms with Crippen LogP contribution in [0.3, 0.4) is 0 Å². The van der Waals surface area contributed by atoms with Crippen molar-refractivity contribution < 1.29 is 28.2 Å². The molecule has 1 aliphatic carbocycles. The number of amides is 1. The van der Waals surface area contributed by atoms with Crippen LogP contribution in [-0.4, -0.2) is 59.3 Å². The quantitative estimate of drug-likeness (QED) is 0.484. The highest BCUT2D eigenvalue weighted by molar-refractivity contribution is 7.90. The standard InChI is InChI=1S/C28H27ClN2O6S/c1-38(36,37)23-11-9-20(10-12-23)26(32)30-24-8-4-16-31(25(24)27(33)34)22-7-3-14-28(35,18-22)15-13-19-5-2-6-21(29)17-19/h2,4-6,8-12,16-17,22,25,35H,3,7,14,18H2,1H3,(H,30,32)(H,33,34)/t22-,25?,28+/m0/s1. The van der Waals surface area contributed by atoms with Crippen molar-refractivity contribution in [3.05, 3.63) is 88.7 Å². The van der Waals surface area contributed by atoms with E-state index < -0.39 is 33.4 Å². The van der Waals surface area contributed by atoms with Crippen molar-refractivity contribution in [3.8, 4) is 11.8 Å². The van der Waals surface area contributed by atoms with Crippen LogP contribution in [0.4, 0.5) is 0 Å². The second-order valence-electron chi connectivity index (χ2n) is 9.44. The number of benzene rings is 2. The lowest BCUT2D eigenvalue weighted by Gasteiger charge is -2.43. The van der Waals surface area contributed by atoms with Crippen molar-refractivity contribution in [2.75, 3.05) is 6.26 Å². The van der Waals surface area contributed by atoms with E-state index in [1.54, 1.807) is 41.4 Å². The number of allylic oxidation sites excluding steroid dienone is 2. The lowest BCUT2D eigenvalue weighted by Crippen LogP contribution is -2.53. The molecule has 2 aliphatic rings. The van der Waals surface area contributed by atoms with Gasteiger partial charge in [-0.25, -0.2) is 13.2 Å². The van der Waals surface area contributed by atoms with Gasteiger partial charge in [0.05, 0.1) is 10.6 Å². The van der Waals surface area contributed by atoms with Crippen molar-refractivity contribution in [3.63, 3.8) is 0 Å². The lowest BCUT2D eigenvalue weighted by atomic mass is 9.80. The first-order valence-corrected chi connectivity index (χ1v) is 14.2. The normalized spacial score (nSPS) is 23.1. The molecule has 10 heteroatoms. The van der Waals surface area contributed by atoms with E-state index in [0.717, 1.165) is 6.26 Å². The van der Waals surface area contributed by atoms with E-state index in [9.17, 15) is 28.2 Å². The molecule has 8 nitrogen and oxygen atoms in total. The predicted molar refractivity (Wildman–Crippen MR) is 143 cm³/mol. The molecule has 1 saturated carbocycles. The number of sulfone groups is 1. The molecule has 1 heterocycles. The summed E-state index contributed by atoms with van der Waals surface area (Å²) in [5.41, 5.74) is -0.288. The van der Waals surface area contributed by atoms with Crippen LogP contribution in [-0.2, 0) is 14.6 Å². The molecule has 0 radical (unpaired) electrons. The van der Waals surface area contributed by atoms with Gasteiger partial charge in [0.25, 0.3) is 5.91 Å². The van der Waals surface area contributed by atoms with Gasteiger partial charge in [0, 0.05) is 41.1 Å². The van der Waals surface area contributed by atoms with Gasteiger partial charge in [-0.15, -0.1) is 0 Å². The van der Waals surface area contributed by atoms with E-state index in [1.165, 1.54) is 30.3 Å². The van der Waals surface area contributed by atoms with E-state index in [1.807, 2.05) is 0 Å². The number of aliphatic carboxylic acids is 1. The number of nitrogens with one attached hydrogen (secondary N) is 1. The maximum atomic E-state index is 12.9. The van der Waals surface area contributed by atoms with Crippen LogP contribution >= 0.6 is 11.6 Å². The van der Waals surface area contributed by atoms with Gasteiger partial charge in [0.1, 0.15) is 5.60 Å². The Balaban J connectivity index is 1.51. The first-order chi connectivity index (χ1) is 17.9. The van der Waals surface area contributed by atoms with Crippen LogP contribution in [0.15, 0.2) is 77.5 Å². The van der Waals surface area contributed by atoms with Gasteiger partial charge in [-0.05, 0) is 73.9 Å². The highest BCUT2D eigenvalue weighted by atomic mass is 35.5. The van der Waals surface area contributed by atoms with Crippen molar-refractivity contribution in [2.45, 2.75) is 48.3 Å². The molecule has 198 valence electrons. The summed E-state index contributed by atoms with van der Waals surface area (Å²) < 4.78 is 23.4. The highest BCUT2D eigenvalue weighted by Crippen LogP contribution is 2.34. The van der Waals surface area contributed by atoms with E-state index >= 15 is 0 Å². The molecule has 1 unspecified atom stereocenters. The first-order valence-electron chi connectivity index (χ1n) is 12.0. The van der Waals surface area contributed by atoms with Gasteiger partial charge in [0.2, 0.25) is 0 Å². The second-order valence-corrected chi connectivity index (χ2v) is 11.9. The zero-order chi connectivity index (χ0) is 27.5. The summed E-state index contributed by atoms with van der Waals surface area (Å²) in [7, 11) is -3.42. The van der Waals surface area contributed by atoms with Crippen molar-refractivity contribution in [2.24, 2.45) is 0 Å². The van der Waals surface area contributed by atoms with E-state index in [0.29, 0.717) is 29.8 Å². The van der Waals surface area contributed by atoms with Gasteiger partial charge < -0.3 is 20.4 Å². The monoisotopic (exact) mass is 554 g/mol. The minimum absolute atomic E-state index is 0.0756. The Kier molecular flexibility index (Phi) is 7.97. The SMILES string of the molecule is CS(=O)(=O)c1ccc(C(=O)NC2=CC=CN([C@H]3CCC[C@@](O)(C#Cc4cccc(Cl)c4)C3)C2C(=O)O)cc1. The molecule has 4 rings (SSSR count). The highest BCUT2D eigenvalue weighted by Gasteiger charge is 2.40. The Morgan fingerprint density at radius 1 is 1.18 bits per heavy atom. The molecule has 2 aromatic carbocycles. The van der Waals surface area contributed by atoms with Crippen molar-refractivity contribution in [1.82, 2.24) is 10.2 Å². The number of aliphatic hydroxyl groups is 1. The van der Waals surface area contributed by atoms with Crippen LogP contribution in [0.2, 0.25) is 5.02 Å². The van der Waals surface area contributed by atoms with Crippen LogP contribution in [0.5, 0.6) is 0 Å². The number of hydrogen-bond acceptors (Lipinski definition) is 6. The molecule has 1 fully saturated rings. The minimum Gasteiger partial charge on any atom is -0.479 e. The third-order valence-electron chi connectivity index (χ3n) is 6.55. The number of carbonyl (C=O) groups excluding carboxylic acids is 1. The fraction of sp³-hybridized carbons (Fsp3) is 0.286. The minimum atomic E-state index is -3.42. The number of rotatable bonds is 5. The molecule has 3 N–H and O–H groups in total. The molecule has 2 aromatic rings. The summed E-state index contributed by atoms with van der Waals surface area (Å²) >= 11 is 6.03. The predicted octanol–water partition coefficient (Wildman–Crippen LogP) is 3.37. The molecule has 1 aliphatic heterocycles. The van der Waals surface area contributed by atoms with Crippen molar-refractivity contribution in [1.29, 1.82) is 0 Å². The summed E-state index contributed by atoms with van der Waals surface area (Å²) in [6.45, 7) is 0. The lowest BCUT2D eigenvalue weighted by molar-refractivity contribution is -0.142. The Labute approximate surface area is 226 Å². The topological polar surface area (TPSA) is 124 Å².